The number of rotatable bonds is 6. The molecule has 2 aliphatic heterocycles. The Bertz CT molecular complexity index is 766. The van der Waals surface area contributed by atoms with Gasteiger partial charge in [-0.05, 0) is 50.3 Å². The second-order valence-electron chi connectivity index (χ2n) is 7.65. The van der Waals surface area contributed by atoms with Crippen LogP contribution in [0.5, 0.6) is 0 Å². The van der Waals surface area contributed by atoms with Crippen molar-refractivity contribution in [1.29, 1.82) is 0 Å². The molecular weight excluding hydrogens is 388 g/mol. The van der Waals surface area contributed by atoms with Gasteiger partial charge >= 0.3 is 0 Å². The molecule has 2 saturated heterocycles. The quantitative estimate of drug-likeness (QED) is 0.563. The normalized spacial score (nSPS) is 20.1. The van der Waals surface area contributed by atoms with Crippen molar-refractivity contribution in [2.75, 3.05) is 39.8 Å². The molecule has 0 radical (unpaired) electrons. The third-order valence-corrected chi connectivity index (χ3v) is 7.60. The smallest absolute Gasteiger partial charge is 0.243 e. The van der Waals surface area contributed by atoms with Gasteiger partial charge in [-0.2, -0.15) is 4.31 Å². The van der Waals surface area contributed by atoms with Crippen LogP contribution >= 0.6 is 0 Å². The molecule has 7 nitrogen and oxygen atoms in total. The summed E-state index contributed by atoms with van der Waals surface area (Å²) in [5, 5.41) is 3.40. The first kappa shape index (κ1) is 22.1. The molecule has 0 unspecified atom stereocenters. The van der Waals surface area contributed by atoms with Crippen molar-refractivity contribution in [3.63, 3.8) is 0 Å². The van der Waals surface area contributed by atoms with Crippen molar-refractivity contribution < 1.29 is 13.2 Å². The summed E-state index contributed by atoms with van der Waals surface area (Å²) < 4.78 is 32.9. The maximum Gasteiger partial charge on any atom is 0.243 e. The van der Waals surface area contributed by atoms with Crippen molar-refractivity contribution in [3.05, 3.63) is 29.8 Å². The highest BCUT2D eigenvalue weighted by molar-refractivity contribution is 7.89. The maximum atomic E-state index is 12.8. The average Bonchev–Trinajstić information content (AvgIpc) is 2.76. The zero-order valence-electron chi connectivity index (χ0n) is 17.6. The summed E-state index contributed by atoms with van der Waals surface area (Å²) in [6.07, 6.45) is 5.38. The van der Waals surface area contributed by atoms with Crippen LogP contribution in [0.4, 0.5) is 0 Å². The van der Waals surface area contributed by atoms with Crippen LogP contribution in [0.25, 0.3) is 0 Å². The van der Waals surface area contributed by atoms with E-state index in [1.165, 1.54) is 0 Å². The minimum absolute atomic E-state index is 0.351. The number of guanidine groups is 1. The van der Waals surface area contributed by atoms with E-state index in [1.807, 2.05) is 19.1 Å². The van der Waals surface area contributed by atoms with E-state index in [4.69, 9.17) is 4.74 Å². The van der Waals surface area contributed by atoms with Gasteiger partial charge in [0.2, 0.25) is 10.0 Å². The van der Waals surface area contributed by atoms with E-state index in [-0.39, 0.29) is 0 Å². The number of sulfonamides is 1. The highest BCUT2D eigenvalue weighted by atomic mass is 32.2. The van der Waals surface area contributed by atoms with Crippen molar-refractivity contribution in [2.45, 2.75) is 56.6 Å². The lowest BCUT2D eigenvalue weighted by atomic mass is 10.1. The summed E-state index contributed by atoms with van der Waals surface area (Å²) >= 11 is 0. The molecule has 1 aromatic carbocycles. The van der Waals surface area contributed by atoms with E-state index in [9.17, 15) is 8.42 Å². The zero-order valence-corrected chi connectivity index (χ0v) is 18.5. The number of benzene rings is 1. The lowest BCUT2D eigenvalue weighted by Gasteiger charge is -2.34. The third kappa shape index (κ3) is 5.71. The molecular formula is C21H34N4O3S. The molecule has 0 saturated carbocycles. The largest absolute Gasteiger partial charge is 0.378 e. The maximum absolute atomic E-state index is 12.8. The van der Waals surface area contributed by atoms with Crippen LogP contribution in [0.2, 0.25) is 0 Å². The van der Waals surface area contributed by atoms with Gasteiger partial charge in [0.15, 0.2) is 5.96 Å². The van der Waals surface area contributed by atoms with Gasteiger partial charge in [0, 0.05) is 46.4 Å². The highest BCUT2D eigenvalue weighted by Crippen LogP contribution is 2.21. The summed E-state index contributed by atoms with van der Waals surface area (Å²) in [5.41, 5.74) is 1.04. The molecule has 8 heteroatoms. The molecule has 0 spiro atoms. The Morgan fingerprint density at radius 2 is 1.76 bits per heavy atom. The van der Waals surface area contributed by atoms with Crippen molar-refractivity contribution >= 4 is 16.0 Å². The standard InChI is InChI=1S/C21H34N4O3S/c1-3-28-19-11-15-24(16-12-19)21(22-2)23-17-18-7-9-20(10-8-18)29(26,27)25-13-5-4-6-14-25/h7-10,19H,3-6,11-17H2,1-2H3,(H,22,23). The van der Waals surface area contributed by atoms with Crippen molar-refractivity contribution in [1.82, 2.24) is 14.5 Å². The third-order valence-electron chi connectivity index (χ3n) is 5.68. The lowest BCUT2D eigenvalue weighted by Crippen LogP contribution is -2.46. The van der Waals surface area contributed by atoms with Crippen LogP contribution in [0.15, 0.2) is 34.2 Å². The van der Waals surface area contributed by atoms with E-state index in [0.717, 1.165) is 63.3 Å². The molecule has 3 rings (SSSR count). The molecule has 0 bridgehead atoms. The molecule has 29 heavy (non-hydrogen) atoms. The Morgan fingerprint density at radius 1 is 1.10 bits per heavy atom. The summed E-state index contributed by atoms with van der Waals surface area (Å²) in [6.45, 7) is 6.53. The van der Waals surface area contributed by atoms with Crippen LogP contribution in [0, 0.1) is 0 Å². The molecule has 0 aliphatic carbocycles. The van der Waals surface area contributed by atoms with Gasteiger partial charge in [0.25, 0.3) is 0 Å². The molecule has 0 aromatic heterocycles. The summed E-state index contributed by atoms with van der Waals surface area (Å²) in [7, 11) is -1.58. The van der Waals surface area contributed by atoms with E-state index >= 15 is 0 Å². The van der Waals surface area contributed by atoms with Gasteiger partial charge in [-0.15, -0.1) is 0 Å². The van der Waals surface area contributed by atoms with Gasteiger partial charge in [-0.3, -0.25) is 4.99 Å². The molecule has 2 aliphatic rings. The number of piperidine rings is 2. The van der Waals surface area contributed by atoms with Crippen molar-refractivity contribution in [2.24, 2.45) is 4.99 Å². The van der Waals surface area contributed by atoms with Crippen LogP contribution < -0.4 is 5.32 Å². The van der Waals surface area contributed by atoms with Crippen LogP contribution in [0.1, 0.15) is 44.6 Å². The lowest BCUT2D eigenvalue weighted by molar-refractivity contribution is 0.0263. The van der Waals surface area contributed by atoms with Gasteiger partial charge in [-0.1, -0.05) is 18.6 Å². The first-order chi connectivity index (χ1) is 14.0. The van der Waals surface area contributed by atoms with Gasteiger partial charge in [0.05, 0.1) is 11.0 Å². The highest BCUT2D eigenvalue weighted by Gasteiger charge is 2.26. The first-order valence-corrected chi connectivity index (χ1v) is 12.1. The number of likely N-dealkylation sites (tertiary alicyclic amines) is 1. The summed E-state index contributed by atoms with van der Waals surface area (Å²) in [6, 6.07) is 7.21. The fourth-order valence-corrected chi connectivity index (χ4v) is 5.53. The van der Waals surface area contributed by atoms with Gasteiger partial charge in [0.1, 0.15) is 0 Å². The Kier molecular flexibility index (Phi) is 7.91. The number of nitrogens with one attached hydrogen (secondary N) is 1. The molecule has 0 atom stereocenters. The summed E-state index contributed by atoms with van der Waals surface area (Å²) in [5.74, 6) is 0.880. The van der Waals surface area contributed by atoms with E-state index in [1.54, 1.807) is 23.5 Å². The number of nitrogens with zero attached hydrogens (tertiary/aromatic N) is 3. The SMILES string of the molecule is CCOC1CCN(C(=NC)NCc2ccc(S(=O)(=O)N3CCCCC3)cc2)CC1. The Hall–Kier alpha value is -1.64. The topological polar surface area (TPSA) is 74.2 Å². The number of hydrogen-bond donors (Lipinski definition) is 1. The molecule has 1 aromatic rings. The molecule has 0 amide bonds. The summed E-state index contributed by atoms with van der Waals surface area (Å²) in [4.78, 5) is 7.04. The van der Waals surface area contributed by atoms with Crippen molar-refractivity contribution in [3.8, 4) is 0 Å². The predicted octanol–water partition coefficient (Wildman–Crippen LogP) is 2.44. The van der Waals surface area contributed by atoms with Crippen LogP contribution in [-0.4, -0.2) is 69.5 Å². The zero-order chi connectivity index (χ0) is 20.7. The Balaban J connectivity index is 1.54. The van der Waals surface area contributed by atoms with E-state index < -0.39 is 10.0 Å². The fourth-order valence-electron chi connectivity index (χ4n) is 4.02. The van der Waals surface area contributed by atoms with Gasteiger partial charge < -0.3 is 15.0 Å². The molecule has 1 N–H and O–H groups in total. The van der Waals surface area contributed by atoms with Gasteiger partial charge in [-0.25, -0.2) is 8.42 Å². The number of aliphatic imine (C=N–C) groups is 1. The Morgan fingerprint density at radius 3 is 2.34 bits per heavy atom. The second-order valence-corrected chi connectivity index (χ2v) is 9.59. The Labute approximate surface area is 175 Å². The first-order valence-electron chi connectivity index (χ1n) is 10.7. The van der Waals surface area contributed by atoms with E-state index in [0.29, 0.717) is 30.6 Å². The fraction of sp³-hybridized carbons (Fsp3) is 0.667. The monoisotopic (exact) mass is 422 g/mol. The average molecular weight is 423 g/mol. The van der Waals surface area contributed by atoms with E-state index in [2.05, 4.69) is 15.2 Å². The predicted molar refractivity (Wildman–Crippen MR) is 115 cm³/mol. The molecule has 162 valence electrons. The number of ether oxygens (including phenoxy) is 1. The second kappa shape index (κ2) is 10.4. The number of hydrogen-bond acceptors (Lipinski definition) is 4. The molecule has 2 heterocycles. The van der Waals surface area contributed by atoms with Crippen LogP contribution in [-0.2, 0) is 21.3 Å². The van der Waals surface area contributed by atoms with Crippen LogP contribution in [0.3, 0.4) is 0 Å². The minimum atomic E-state index is -3.37. The minimum Gasteiger partial charge on any atom is -0.378 e. The molecule has 2 fully saturated rings.